The van der Waals surface area contributed by atoms with Crippen molar-refractivity contribution >= 4 is 18.2 Å². The lowest BCUT2D eigenvalue weighted by atomic mass is 9.96. The number of hydrogen-bond acceptors (Lipinski definition) is 4. The van der Waals surface area contributed by atoms with Crippen molar-refractivity contribution in [2.24, 2.45) is 0 Å². The number of carbonyl (C=O) groups is 3. The molecule has 1 aromatic rings. The van der Waals surface area contributed by atoms with E-state index in [1.165, 1.54) is 16.9 Å². The zero-order valence-electron chi connectivity index (χ0n) is 13.6. The Labute approximate surface area is 139 Å². The molecule has 0 aliphatic carbocycles. The van der Waals surface area contributed by atoms with Crippen molar-refractivity contribution in [2.75, 3.05) is 26.7 Å². The molecule has 1 unspecified atom stereocenters. The second kappa shape index (κ2) is 7.20. The molecule has 1 aliphatic rings. The van der Waals surface area contributed by atoms with E-state index in [9.17, 15) is 24.6 Å². The standard InChI is InChI=1S/C16H20N2O6/c1-3-10-8-11(4-5-12(10)14(19)24-2)13-9-17(15(20)21)6-7-18(13)16(22)23/h4-5,8,13H,3,6-7,9H2,1-2H3,(H,20,21)(H,22,23). The van der Waals surface area contributed by atoms with Crippen LogP contribution in [0.1, 0.15) is 34.5 Å². The Hall–Kier alpha value is -2.77. The quantitative estimate of drug-likeness (QED) is 0.818. The normalized spacial score (nSPS) is 17.5. The van der Waals surface area contributed by atoms with Gasteiger partial charge in [0.2, 0.25) is 0 Å². The summed E-state index contributed by atoms with van der Waals surface area (Å²) in [7, 11) is 1.30. The van der Waals surface area contributed by atoms with Crippen molar-refractivity contribution in [3.63, 3.8) is 0 Å². The number of nitrogens with zero attached hydrogens (tertiary/aromatic N) is 2. The Kier molecular flexibility index (Phi) is 5.28. The molecule has 2 rings (SSSR count). The van der Waals surface area contributed by atoms with Crippen LogP contribution < -0.4 is 0 Å². The van der Waals surface area contributed by atoms with Gasteiger partial charge in [0.05, 0.1) is 18.7 Å². The van der Waals surface area contributed by atoms with Crippen LogP contribution in [0.5, 0.6) is 0 Å². The molecule has 0 radical (unpaired) electrons. The van der Waals surface area contributed by atoms with E-state index < -0.39 is 24.2 Å². The fraction of sp³-hybridized carbons (Fsp3) is 0.438. The Balaban J connectivity index is 2.40. The highest BCUT2D eigenvalue weighted by Gasteiger charge is 2.33. The molecule has 0 bridgehead atoms. The molecule has 1 heterocycles. The van der Waals surface area contributed by atoms with E-state index in [2.05, 4.69) is 0 Å². The molecule has 2 amide bonds. The molecule has 130 valence electrons. The van der Waals surface area contributed by atoms with E-state index in [1.807, 2.05) is 6.92 Å². The lowest BCUT2D eigenvalue weighted by Gasteiger charge is -2.39. The van der Waals surface area contributed by atoms with E-state index in [4.69, 9.17) is 4.74 Å². The van der Waals surface area contributed by atoms with Crippen LogP contribution in [0.3, 0.4) is 0 Å². The Morgan fingerprint density at radius 2 is 1.92 bits per heavy atom. The average Bonchev–Trinajstić information content (AvgIpc) is 2.59. The van der Waals surface area contributed by atoms with Gasteiger partial charge in [0.15, 0.2) is 0 Å². The van der Waals surface area contributed by atoms with Crippen LogP contribution in [0, 0.1) is 0 Å². The van der Waals surface area contributed by atoms with E-state index in [-0.39, 0.29) is 19.6 Å². The molecule has 1 aliphatic heterocycles. The van der Waals surface area contributed by atoms with Gasteiger partial charge in [-0.1, -0.05) is 19.1 Å². The number of methoxy groups -OCH3 is 1. The summed E-state index contributed by atoms with van der Waals surface area (Å²) in [6.07, 6.45) is -1.60. The number of amides is 2. The summed E-state index contributed by atoms with van der Waals surface area (Å²) in [6.45, 7) is 2.18. The number of carbonyl (C=O) groups excluding carboxylic acids is 1. The molecule has 0 saturated carbocycles. The molecule has 1 atom stereocenters. The monoisotopic (exact) mass is 336 g/mol. The van der Waals surface area contributed by atoms with Gasteiger partial charge in [-0.25, -0.2) is 14.4 Å². The molecule has 1 aromatic carbocycles. The number of hydrogen-bond donors (Lipinski definition) is 2. The summed E-state index contributed by atoms with van der Waals surface area (Å²) in [4.78, 5) is 36.9. The summed E-state index contributed by atoms with van der Waals surface area (Å²) in [5.74, 6) is -0.454. The van der Waals surface area contributed by atoms with Crippen LogP contribution in [0.4, 0.5) is 9.59 Å². The number of piperazine rings is 1. The molecule has 0 aromatic heterocycles. The van der Waals surface area contributed by atoms with Crippen LogP contribution in [0.15, 0.2) is 18.2 Å². The molecule has 1 saturated heterocycles. The van der Waals surface area contributed by atoms with Crippen LogP contribution in [0.2, 0.25) is 0 Å². The summed E-state index contributed by atoms with van der Waals surface area (Å²) in [5.41, 5.74) is 1.82. The first kappa shape index (κ1) is 17.6. The van der Waals surface area contributed by atoms with Gasteiger partial charge in [-0.3, -0.25) is 4.90 Å². The predicted octanol–water partition coefficient (Wildman–Crippen LogP) is 2.05. The van der Waals surface area contributed by atoms with Gasteiger partial charge in [0, 0.05) is 19.6 Å². The van der Waals surface area contributed by atoms with Crippen LogP contribution in [0.25, 0.3) is 0 Å². The minimum Gasteiger partial charge on any atom is -0.465 e. The molecule has 0 spiro atoms. The third kappa shape index (κ3) is 3.42. The maximum atomic E-state index is 11.8. The number of benzene rings is 1. The van der Waals surface area contributed by atoms with Gasteiger partial charge in [-0.2, -0.15) is 0 Å². The van der Waals surface area contributed by atoms with Crippen molar-refractivity contribution in [2.45, 2.75) is 19.4 Å². The molecule has 8 heteroatoms. The molecular formula is C16H20N2O6. The average molecular weight is 336 g/mol. The number of esters is 1. The van der Waals surface area contributed by atoms with Gasteiger partial charge < -0.3 is 19.8 Å². The molecular weight excluding hydrogens is 316 g/mol. The second-order valence-corrected chi connectivity index (χ2v) is 5.48. The Morgan fingerprint density at radius 1 is 1.21 bits per heavy atom. The highest BCUT2D eigenvalue weighted by atomic mass is 16.5. The van der Waals surface area contributed by atoms with Gasteiger partial charge in [-0.05, 0) is 23.6 Å². The van der Waals surface area contributed by atoms with Crippen molar-refractivity contribution in [3.8, 4) is 0 Å². The number of carboxylic acid groups (broad SMARTS) is 2. The Bertz CT molecular complexity index is 660. The van der Waals surface area contributed by atoms with Gasteiger partial charge >= 0.3 is 18.2 Å². The van der Waals surface area contributed by atoms with Gasteiger partial charge in [0.25, 0.3) is 0 Å². The molecule has 24 heavy (non-hydrogen) atoms. The van der Waals surface area contributed by atoms with Gasteiger partial charge in [-0.15, -0.1) is 0 Å². The highest BCUT2D eigenvalue weighted by Crippen LogP contribution is 2.28. The smallest absolute Gasteiger partial charge is 0.407 e. The molecule has 8 nitrogen and oxygen atoms in total. The summed E-state index contributed by atoms with van der Waals surface area (Å²) in [6, 6.07) is 4.39. The second-order valence-electron chi connectivity index (χ2n) is 5.48. The van der Waals surface area contributed by atoms with E-state index >= 15 is 0 Å². The summed E-state index contributed by atoms with van der Waals surface area (Å²) >= 11 is 0. The maximum Gasteiger partial charge on any atom is 0.407 e. The Morgan fingerprint density at radius 3 is 2.46 bits per heavy atom. The third-order valence-electron chi connectivity index (χ3n) is 4.20. The van der Waals surface area contributed by atoms with Crippen molar-refractivity contribution in [1.29, 1.82) is 0 Å². The first-order chi connectivity index (χ1) is 11.4. The summed E-state index contributed by atoms with van der Waals surface area (Å²) in [5, 5.41) is 18.6. The van der Waals surface area contributed by atoms with Gasteiger partial charge in [0.1, 0.15) is 0 Å². The number of rotatable bonds is 3. The lowest BCUT2D eigenvalue weighted by Crippen LogP contribution is -2.51. The fourth-order valence-electron chi connectivity index (χ4n) is 2.89. The highest BCUT2D eigenvalue weighted by molar-refractivity contribution is 5.91. The first-order valence-corrected chi connectivity index (χ1v) is 7.57. The fourth-order valence-corrected chi connectivity index (χ4v) is 2.89. The van der Waals surface area contributed by atoms with Crippen molar-refractivity contribution < 1.29 is 29.3 Å². The predicted molar refractivity (Wildman–Crippen MR) is 84.2 cm³/mol. The zero-order valence-corrected chi connectivity index (χ0v) is 13.6. The first-order valence-electron chi connectivity index (χ1n) is 7.57. The van der Waals surface area contributed by atoms with Crippen molar-refractivity contribution in [1.82, 2.24) is 9.80 Å². The number of ether oxygens (including phenoxy) is 1. The van der Waals surface area contributed by atoms with Crippen molar-refractivity contribution in [3.05, 3.63) is 34.9 Å². The molecule has 2 N–H and O–H groups in total. The number of aryl methyl sites for hydroxylation is 1. The SMILES string of the molecule is CCc1cc(C2CN(C(=O)O)CCN2C(=O)O)ccc1C(=O)OC. The minimum absolute atomic E-state index is 0.0579. The van der Waals surface area contributed by atoms with E-state index in [0.717, 1.165) is 5.56 Å². The minimum atomic E-state index is -1.10. The van der Waals surface area contributed by atoms with E-state index in [1.54, 1.807) is 18.2 Å². The topological polar surface area (TPSA) is 107 Å². The maximum absolute atomic E-state index is 11.8. The van der Waals surface area contributed by atoms with Crippen LogP contribution in [-0.2, 0) is 11.2 Å². The molecule has 1 fully saturated rings. The zero-order chi connectivity index (χ0) is 17.9. The van der Waals surface area contributed by atoms with E-state index in [0.29, 0.717) is 17.5 Å². The lowest BCUT2D eigenvalue weighted by molar-refractivity contribution is 0.0597. The third-order valence-corrected chi connectivity index (χ3v) is 4.20. The largest absolute Gasteiger partial charge is 0.465 e. The van der Waals surface area contributed by atoms with Crippen LogP contribution in [-0.4, -0.2) is 64.9 Å². The summed E-state index contributed by atoms with van der Waals surface area (Å²) < 4.78 is 4.74. The van der Waals surface area contributed by atoms with Crippen LogP contribution >= 0.6 is 0 Å².